The first-order chi connectivity index (χ1) is 10.3. The van der Waals surface area contributed by atoms with Crippen molar-refractivity contribution in [3.8, 4) is 0 Å². The largest absolute Gasteiger partial charge is 0.341 e. The zero-order chi connectivity index (χ0) is 14.2. The molecule has 0 amide bonds. The van der Waals surface area contributed by atoms with E-state index in [4.69, 9.17) is 4.98 Å². The van der Waals surface area contributed by atoms with Gasteiger partial charge in [0.1, 0.15) is 0 Å². The molecule has 0 saturated carbocycles. The van der Waals surface area contributed by atoms with E-state index < -0.39 is 0 Å². The second-order valence-corrected chi connectivity index (χ2v) is 5.45. The van der Waals surface area contributed by atoms with E-state index in [1.54, 1.807) is 0 Å². The van der Waals surface area contributed by atoms with Gasteiger partial charge in [-0.25, -0.2) is 0 Å². The highest BCUT2D eigenvalue weighted by atomic mass is 15.0. The van der Waals surface area contributed by atoms with E-state index in [-0.39, 0.29) is 0 Å². The van der Waals surface area contributed by atoms with Crippen LogP contribution in [0.1, 0.15) is 11.3 Å². The van der Waals surface area contributed by atoms with Crippen LogP contribution in [0.15, 0.2) is 66.9 Å². The molecule has 0 unspecified atom stereocenters. The average molecular weight is 272 g/mol. The Labute approximate surface area is 123 Å². The Morgan fingerprint density at radius 3 is 2.76 bits per heavy atom. The van der Waals surface area contributed by atoms with E-state index in [1.807, 2.05) is 12.1 Å². The summed E-state index contributed by atoms with van der Waals surface area (Å²) >= 11 is 0. The fourth-order valence-electron chi connectivity index (χ4n) is 2.89. The second-order valence-electron chi connectivity index (χ2n) is 5.45. The summed E-state index contributed by atoms with van der Waals surface area (Å²) in [7, 11) is 0. The van der Waals surface area contributed by atoms with Crippen LogP contribution in [0.3, 0.4) is 0 Å². The van der Waals surface area contributed by atoms with Gasteiger partial charge in [-0.15, -0.1) is 0 Å². The summed E-state index contributed by atoms with van der Waals surface area (Å²) in [4.78, 5) is 4.76. The normalized spacial score (nSPS) is 11.3. The van der Waals surface area contributed by atoms with Gasteiger partial charge in [0.2, 0.25) is 0 Å². The molecule has 0 bridgehead atoms. The van der Waals surface area contributed by atoms with E-state index in [2.05, 4.69) is 66.2 Å². The monoisotopic (exact) mass is 272 g/mol. The minimum atomic E-state index is 0.803. The number of hydrogen-bond acceptors (Lipinski definition) is 1. The summed E-state index contributed by atoms with van der Waals surface area (Å²) < 4.78 is 2.26. The summed E-state index contributed by atoms with van der Waals surface area (Å²) in [6, 6.07) is 21.1. The van der Waals surface area contributed by atoms with Gasteiger partial charge in [-0.3, -0.25) is 4.98 Å². The number of rotatable bonds is 2. The lowest BCUT2D eigenvalue weighted by atomic mass is 10.1. The van der Waals surface area contributed by atoms with Crippen LogP contribution in [0, 0.1) is 6.92 Å². The highest BCUT2D eigenvalue weighted by Crippen LogP contribution is 2.21. The van der Waals surface area contributed by atoms with E-state index in [9.17, 15) is 0 Å². The van der Waals surface area contributed by atoms with Crippen LogP contribution in [0.5, 0.6) is 0 Å². The van der Waals surface area contributed by atoms with E-state index in [0.717, 1.165) is 17.8 Å². The average Bonchev–Trinajstić information content (AvgIpc) is 2.92. The first-order valence-electron chi connectivity index (χ1n) is 7.20. The molecular weight excluding hydrogens is 256 g/mol. The molecule has 2 aromatic heterocycles. The Kier molecular flexibility index (Phi) is 2.74. The number of para-hydroxylation sites is 1. The quantitative estimate of drug-likeness (QED) is 0.523. The molecule has 2 aromatic carbocycles. The molecule has 0 radical (unpaired) electrons. The van der Waals surface area contributed by atoms with Gasteiger partial charge in [-0.1, -0.05) is 36.4 Å². The number of aryl methyl sites for hydroxylation is 1. The molecule has 0 N–H and O–H groups in total. The molecule has 4 rings (SSSR count). The van der Waals surface area contributed by atoms with Crippen molar-refractivity contribution in [2.45, 2.75) is 13.5 Å². The van der Waals surface area contributed by atoms with Gasteiger partial charge in [0.25, 0.3) is 0 Å². The van der Waals surface area contributed by atoms with Crippen molar-refractivity contribution in [1.29, 1.82) is 0 Å². The zero-order valence-corrected chi connectivity index (χ0v) is 12.0. The molecule has 0 atom stereocenters. The lowest BCUT2D eigenvalue weighted by Crippen LogP contribution is -2.00. The predicted molar refractivity (Wildman–Crippen MR) is 87.5 cm³/mol. The topological polar surface area (TPSA) is 17.8 Å². The molecule has 2 nitrogen and oxygen atoms in total. The first kappa shape index (κ1) is 12.2. The number of hydrogen-bond donors (Lipinski definition) is 0. The van der Waals surface area contributed by atoms with Crippen molar-refractivity contribution < 1.29 is 0 Å². The maximum Gasteiger partial charge on any atom is 0.0706 e. The predicted octanol–water partition coefficient (Wildman–Crippen LogP) is 4.55. The molecule has 0 saturated heterocycles. The van der Waals surface area contributed by atoms with Crippen molar-refractivity contribution in [3.05, 3.63) is 78.1 Å². The van der Waals surface area contributed by atoms with Gasteiger partial charge in [0, 0.05) is 22.5 Å². The maximum absolute atomic E-state index is 4.76. The third-order valence-corrected chi connectivity index (χ3v) is 4.02. The lowest BCUT2D eigenvalue weighted by molar-refractivity contribution is 0.812. The standard InChI is InChI=1S/C19H16N2/c1-14-5-4-8-19-17(14)11-12-21(19)13-16-10-9-15-6-2-3-7-18(15)20-16/h2-12H,13H2,1H3. The Balaban J connectivity index is 1.77. The molecule has 0 aliphatic carbocycles. The van der Waals surface area contributed by atoms with E-state index in [1.165, 1.54) is 21.9 Å². The van der Waals surface area contributed by atoms with Crippen LogP contribution in [-0.2, 0) is 6.54 Å². The van der Waals surface area contributed by atoms with Crippen LogP contribution >= 0.6 is 0 Å². The lowest BCUT2D eigenvalue weighted by Gasteiger charge is -2.07. The molecule has 102 valence electrons. The van der Waals surface area contributed by atoms with E-state index in [0.29, 0.717) is 0 Å². The summed E-state index contributed by atoms with van der Waals surface area (Å²) in [5, 5.41) is 2.51. The minimum absolute atomic E-state index is 0.803. The Bertz CT molecular complexity index is 935. The maximum atomic E-state index is 4.76. The highest BCUT2D eigenvalue weighted by molar-refractivity contribution is 5.83. The zero-order valence-electron chi connectivity index (χ0n) is 12.0. The summed E-state index contributed by atoms with van der Waals surface area (Å²) in [5.41, 5.74) is 4.73. The van der Waals surface area contributed by atoms with Gasteiger partial charge in [-0.2, -0.15) is 0 Å². The van der Waals surface area contributed by atoms with Gasteiger partial charge in [-0.05, 0) is 36.8 Å². The van der Waals surface area contributed by atoms with Gasteiger partial charge in [0.15, 0.2) is 0 Å². The molecule has 4 aromatic rings. The highest BCUT2D eigenvalue weighted by Gasteiger charge is 2.05. The van der Waals surface area contributed by atoms with Crippen LogP contribution < -0.4 is 0 Å². The van der Waals surface area contributed by atoms with Crippen molar-refractivity contribution >= 4 is 21.8 Å². The molecule has 2 heterocycles. The molecule has 0 spiro atoms. The van der Waals surface area contributed by atoms with Gasteiger partial charge in [0.05, 0.1) is 17.8 Å². The van der Waals surface area contributed by atoms with Crippen molar-refractivity contribution in [1.82, 2.24) is 9.55 Å². The molecule has 2 heteroatoms. The number of nitrogens with zero attached hydrogens (tertiary/aromatic N) is 2. The van der Waals surface area contributed by atoms with Crippen LogP contribution in [0.2, 0.25) is 0 Å². The third-order valence-electron chi connectivity index (χ3n) is 4.02. The fraction of sp³-hybridized carbons (Fsp3) is 0.105. The summed E-state index contributed by atoms with van der Waals surface area (Å²) in [6.45, 7) is 2.96. The Hall–Kier alpha value is -2.61. The third kappa shape index (κ3) is 2.09. The number of aromatic nitrogens is 2. The van der Waals surface area contributed by atoms with Crippen molar-refractivity contribution in [3.63, 3.8) is 0 Å². The van der Waals surface area contributed by atoms with Gasteiger partial charge >= 0.3 is 0 Å². The molecule has 0 aliphatic heterocycles. The minimum Gasteiger partial charge on any atom is -0.341 e. The molecule has 21 heavy (non-hydrogen) atoms. The molecule has 0 aliphatic rings. The van der Waals surface area contributed by atoms with Gasteiger partial charge < -0.3 is 4.57 Å². The number of benzene rings is 2. The molecular formula is C19H16N2. The summed E-state index contributed by atoms with van der Waals surface area (Å²) in [6.07, 6.45) is 2.15. The van der Waals surface area contributed by atoms with E-state index >= 15 is 0 Å². The van der Waals surface area contributed by atoms with Crippen LogP contribution in [0.4, 0.5) is 0 Å². The van der Waals surface area contributed by atoms with Crippen LogP contribution in [0.25, 0.3) is 21.8 Å². The fourth-order valence-corrected chi connectivity index (χ4v) is 2.89. The SMILES string of the molecule is Cc1cccc2c1ccn2Cc1ccc2ccccc2n1. The Morgan fingerprint density at radius 2 is 1.81 bits per heavy atom. The van der Waals surface area contributed by atoms with Crippen LogP contribution in [-0.4, -0.2) is 9.55 Å². The summed E-state index contributed by atoms with van der Waals surface area (Å²) in [5.74, 6) is 0. The van der Waals surface area contributed by atoms with Crippen molar-refractivity contribution in [2.75, 3.05) is 0 Å². The Morgan fingerprint density at radius 1 is 0.905 bits per heavy atom. The first-order valence-corrected chi connectivity index (χ1v) is 7.20. The molecule has 0 fully saturated rings. The number of fused-ring (bicyclic) bond motifs is 2. The number of pyridine rings is 1. The van der Waals surface area contributed by atoms with Crippen molar-refractivity contribution in [2.24, 2.45) is 0 Å². The smallest absolute Gasteiger partial charge is 0.0706 e. The second kappa shape index (κ2) is 4.74.